The molecule has 0 aliphatic carbocycles. The molecule has 0 radical (unpaired) electrons. The van der Waals surface area contributed by atoms with Crippen molar-refractivity contribution in [1.29, 1.82) is 0 Å². The van der Waals surface area contributed by atoms with Gasteiger partial charge in [0.2, 0.25) is 5.95 Å². The summed E-state index contributed by atoms with van der Waals surface area (Å²) >= 11 is 3.75. The first-order valence-corrected chi connectivity index (χ1v) is 11.3. The second-order valence-corrected chi connectivity index (χ2v) is 8.51. The summed E-state index contributed by atoms with van der Waals surface area (Å²) in [6.07, 6.45) is 0. The topological polar surface area (TPSA) is 30.7 Å². The lowest BCUT2D eigenvalue weighted by atomic mass is 10.1. The van der Waals surface area contributed by atoms with Crippen LogP contribution in [0.25, 0.3) is 50.3 Å². The SMILES string of the molecule is Brc1cccc2c1c1ccccc1n2-c1nc(-c2ccccc2)cc(-c2ccccc2)n1. The summed E-state index contributed by atoms with van der Waals surface area (Å²) in [5.74, 6) is 0.662. The minimum absolute atomic E-state index is 0.662. The highest BCUT2D eigenvalue weighted by Crippen LogP contribution is 2.36. The van der Waals surface area contributed by atoms with Gasteiger partial charge in [-0.1, -0.05) is 101 Å². The van der Waals surface area contributed by atoms with Crippen molar-refractivity contribution in [2.75, 3.05) is 0 Å². The minimum atomic E-state index is 0.662. The van der Waals surface area contributed by atoms with E-state index < -0.39 is 0 Å². The second kappa shape index (κ2) is 7.74. The van der Waals surface area contributed by atoms with Gasteiger partial charge in [-0.2, -0.15) is 0 Å². The Morgan fingerprint density at radius 2 is 1.12 bits per heavy atom. The summed E-state index contributed by atoms with van der Waals surface area (Å²) in [7, 11) is 0. The Balaban J connectivity index is 1.71. The van der Waals surface area contributed by atoms with Gasteiger partial charge in [-0.3, -0.25) is 4.57 Å². The van der Waals surface area contributed by atoms with Crippen molar-refractivity contribution in [2.24, 2.45) is 0 Å². The molecule has 4 aromatic carbocycles. The third kappa shape index (κ3) is 3.12. The maximum Gasteiger partial charge on any atom is 0.235 e. The van der Waals surface area contributed by atoms with E-state index >= 15 is 0 Å². The van der Waals surface area contributed by atoms with Gasteiger partial charge in [-0.05, 0) is 24.3 Å². The molecule has 0 aliphatic heterocycles. The minimum Gasteiger partial charge on any atom is -0.278 e. The highest BCUT2D eigenvalue weighted by Gasteiger charge is 2.17. The number of halogens is 1. The molecule has 2 heterocycles. The van der Waals surface area contributed by atoms with Crippen LogP contribution >= 0.6 is 15.9 Å². The van der Waals surface area contributed by atoms with E-state index in [0.29, 0.717) is 5.95 Å². The number of fused-ring (bicyclic) bond motifs is 3. The van der Waals surface area contributed by atoms with E-state index in [1.807, 2.05) is 36.4 Å². The van der Waals surface area contributed by atoms with Gasteiger partial charge in [0.15, 0.2) is 0 Å². The van der Waals surface area contributed by atoms with E-state index in [4.69, 9.17) is 9.97 Å². The molecule has 0 saturated carbocycles. The molecule has 4 heteroatoms. The molecule has 0 amide bonds. The fraction of sp³-hybridized carbons (Fsp3) is 0. The van der Waals surface area contributed by atoms with Crippen LogP contribution in [0.2, 0.25) is 0 Å². The molecule has 2 aromatic heterocycles. The molecule has 0 saturated heterocycles. The summed E-state index contributed by atoms with van der Waals surface area (Å²) in [6, 6.07) is 37.3. The average Bonchev–Trinajstić information content (AvgIpc) is 3.20. The van der Waals surface area contributed by atoms with E-state index in [1.165, 1.54) is 5.39 Å². The molecule has 152 valence electrons. The Kier molecular flexibility index (Phi) is 4.58. The molecule has 0 atom stereocenters. The first-order valence-electron chi connectivity index (χ1n) is 10.5. The fourth-order valence-electron chi connectivity index (χ4n) is 4.24. The van der Waals surface area contributed by atoms with Crippen molar-refractivity contribution in [3.05, 3.63) is 114 Å². The van der Waals surface area contributed by atoms with Crippen LogP contribution in [-0.2, 0) is 0 Å². The summed E-state index contributed by atoms with van der Waals surface area (Å²) in [4.78, 5) is 10.1. The molecule has 0 fully saturated rings. The largest absolute Gasteiger partial charge is 0.278 e. The van der Waals surface area contributed by atoms with E-state index in [-0.39, 0.29) is 0 Å². The second-order valence-electron chi connectivity index (χ2n) is 7.66. The fourth-order valence-corrected chi connectivity index (χ4v) is 4.81. The van der Waals surface area contributed by atoms with Crippen molar-refractivity contribution >= 4 is 37.7 Å². The van der Waals surface area contributed by atoms with Gasteiger partial charge in [0.25, 0.3) is 0 Å². The predicted octanol–water partition coefficient (Wildman–Crippen LogP) is 7.67. The average molecular weight is 476 g/mol. The molecule has 3 nitrogen and oxygen atoms in total. The van der Waals surface area contributed by atoms with Crippen LogP contribution in [0.1, 0.15) is 0 Å². The van der Waals surface area contributed by atoms with Gasteiger partial charge in [-0.25, -0.2) is 9.97 Å². The third-order valence-corrected chi connectivity index (χ3v) is 6.36. The van der Waals surface area contributed by atoms with E-state index in [2.05, 4.69) is 93.3 Å². The van der Waals surface area contributed by atoms with Crippen LogP contribution in [0.5, 0.6) is 0 Å². The number of nitrogens with zero attached hydrogens (tertiary/aromatic N) is 3. The molecule has 0 N–H and O–H groups in total. The number of hydrogen-bond acceptors (Lipinski definition) is 2. The van der Waals surface area contributed by atoms with E-state index in [1.54, 1.807) is 0 Å². The molecular formula is C28H18BrN3. The van der Waals surface area contributed by atoms with Gasteiger partial charge in [-0.15, -0.1) is 0 Å². The molecule has 0 bridgehead atoms. The normalized spacial score (nSPS) is 11.3. The first kappa shape index (κ1) is 19.0. The van der Waals surface area contributed by atoms with Crippen molar-refractivity contribution in [3.63, 3.8) is 0 Å². The van der Waals surface area contributed by atoms with Crippen LogP contribution < -0.4 is 0 Å². The van der Waals surface area contributed by atoms with E-state index in [0.717, 1.165) is 43.4 Å². The predicted molar refractivity (Wildman–Crippen MR) is 135 cm³/mol. The Morgan fingerprint density at radius 1 is 0.562 bits per heavy atom. The maximum absolute atomic E-state index is 5.04. The molecular weight excluding hydrogens is 458 g/mol. The van der Waals surface area contributed by atoms with Gasteiger partial charge in [0.05, 0.1) is 22.4 Å². The Labute approximate surface area is 194 Å². The Hall–Kier alpha value is -3.76. The highest BCUT2D eigenvalue weighted by atomic mass is 79.9. The van der Waals surface area contributed by atoms with Gasteiger partial charge in [0, 0.05) is 26.4 Å². The lowest BCUT2D eigenvalue weighted by Gasteiger charge is -2.11. The summed E-state index contributed by atoms with van der Waals surface area (Å²) in [5, 5.41) is 2.34. The smallest absolute Gasteiger partial charge is 0.235 e. The number of hydrogen-bond donors (Lipinski definition) is 0. The summed E-state index contributed by atoms with van der Waals surface area (Å²) in [6.45, 7) is 0. The van der Waals surface area contributed by atoms with Crippen molar-refractivity contribution < 1.29 is 0 Å². The third-order valence-electron chi connectivity index (χ3n) is 5.70. The van der Waals surface area contributed by atoms with Crippen LogP contribution in [0.15, 0.2) is 114 Å². The van der Waals surface area contributed by atoms with Crippen molar-refractivity contribution in [1.82, 2.24) is 14.5 Å². The Bertz CT molecular complexity index is 1510. The lowest BCUT2D eigenvalue weighted by Crippen LogP contribution is -2.03. The maximum atomic E-state index is 5.04. The molecule has 32 heavy (non-hydrogen) atoms. The van der Waals surface area contributed by atoms with Crippen LogP contribution in [0.3, 0.4) is 0 Å². The standard InChI is InChI=1S/C28H18BrN3/c29-22-15-9-17-26-27(22)21-14-7-8-16-25(21)32(26)28-30-23(19-10-3-1-4-11-19)18-24(31-28)20-12-5-2-6-13-20/h1-18H. The van der Waals surface area contributed by atoms with Gasteiger partial charge in [0.1, 0.15) is 0 Å². The summed E-state index contributed by atoms with van der Waals surface area (Å²) in [5.41, 5.74) is 6.08. The molecule has 0 spiro atoms. The summed E-state index contributed by atoms with van der Waals surface area (Å²) < 4.78 is 3.22. The molecule has 6 aromatic rings. The first-order chi connectivity index (χ1) is 15.8. The zero-order valence-corrected chi connectivity index (χ0v) is 18.7. The zero-order valence-electron chi connectivity index (χ0n) is 17.1. The monoisotopic (exact) mass is 475 g/mol. The number of benzene rings is 4. The molecule has 0 unspecified atom stereocenters. The number of rotatable bonds is 3. The highest BCUT2D eigenvalue weighted by molar-refractivity contribution is 9.10. The van der Waals surface area contributed by atoms with Gasteiger partial charge >= 0.3 is 0 Å². The zero-order chi connectivity index (χ0) is 21.5. The van der Waals surface area contributed by atoms with Crippen LogP contribution in [-0.4, -0.2) is 14.5 Å². The van der Waals surface area contributed by atoms with E-state index in [9.17, 15) is 0 Å². The van der Waals surface area contributed by atoms with Crippen molar-refractivity contribution in [2.45, 2.75) is 0 Å². The number of para-hydroxylation sites is 1. The quantitative estimate of drug-likeness (QED) is 0.262. The number of aromatic nitrogens is 3. The lowest BCUT2D eigenvalue weighted by molar-refractivity contribution is 0.995. The molecule has 6 rings (SSSR count). The Morgan fingerprint density at radius 3 is 1.78 bits per heavy atom. The van der Waals surface area contributed by atoms with Crippen molar-refractivity contribution in [3.8, 4) is 28.5 Å². The molecule has 0 aliphatic rings. The van der Waals surface area contributed by atoms with Crippen LogP contribution in [0, 0.1) is 0 Å². The van der Waals surface area contributed by atoms with Crippen LogP contribution in [0.4, 0.5) is 0 Å². The van der Waals surface area contributed by atoms with Gasteiger partial charge < -0.3 is 0 Å².